The molecule has 0 spiro atoms. The van der Waals surface area contributed by atoms with Crippen LogP contribution in [0.4, 0.5) is 0 Å². The minimum atomic E-state index is -4.23. The summed E-state index contributed by atoms with van der Waals surface area (Å²) in [6.45, 7) is 4.04. The molecule has 0 aliphatic rings. The molecule has 0 heterocycles. The van der Waals surface area contributed by atoms with Crippen molar-refractivity contribution in [2.75, 3.05) is 0 Å². The molecule has 0 fully saturated rings. The Morgan fingerprint density at radius 2 is 1.36 bits per heavy atom. The molecule has 0 radical (unpaired) electrons. The first kappa shape index (κ1) is 25.7. The van der Waals surface area contributed by atoms with Gasteiger partial charge in [0.15, 0.2) is 0 Å². The predicted molar refractivity (Wildman–Crippen MR) is 86.2 cm³/mol. The Hall–Kier alpha value is 1.51. The molecule has 0 saturated heterocycles. The molecule has 2 atom stereocenters. The molecule has 128 valence electrons. The van der Waals surface area contributed by atoms with Crippen molar-refractivity contribution in [3.8, 4) is 0 Å². The largest absolute Gasteiger partial charge is 1.00 e. The Balaban J connectivity index is 0. The van der Waals surface area contributed by atoms with Crippen molar-refractivity contribution in [3.63, 3.8) is 0 Å². The fraction of sp³-hybridized carbons (Fsp3) is 1.00. The first-order valence-corrected chi connectivity index (χ1v) is 10.0. The van der Waals surface area contributed by atoms with Crippen molar-refractivity contribution >= 4 is 10.1 Å². The third-order valence-corrected chi connectivity index (χ3v) is 5.37. The summed E-state index contributed by atoms with van der Waals surface area (Å²) in [4.78, 5) is 0. The minimum absolute atomic E-state index is 0. The van der Waals surface area contributed by atoms with Gasteiger partial charge in [0.2, 0.25) is 0 Å². The zero-order chi connectivity index (χ0) is 16.1. The van der Waals surface area contributed by atoms with Gasteiger partial charge in [-0.15, -0.1) is 0 Å². The van der Waals surface area contributed by atoms with Gasteiger partial charge in [0.1, 0.15) is 0 Å². The van der Waals surface area contributed by atoms with Crippen LogP contribution in [0.2, 0.25) is 0 Å². The molecule has 0 saturated carbocycles. The summed E-state index contributed by atoms with van der Waals surface area (Å²) in [5.74, 6) is 0. The van der Waals surface area contributed by atoms with E-state index in [1.807, 2.05) is 6.92 Å². The second-order valence-electron chi connectivity index (χ2n) is 6.02. The van der Waals surface area contributed by atoms with Crippen molar-refractivity contribution in [2.45, 2.75) is 102 Å². The van der Waals surface area contributed by atoms with E-state index in [1.165, 1.54) is 32.1 Å². The summed E-state index contributed by atoms with van der Waals surface area (Å²) < 4.78 is 33.7. The predicted octanol–water partition coefficient (Wildman–Crippen LogP) is 0.986. The number of hydrogen-bond donors (Lipinski definition) is 1. The van der Waals surface area contributed by atoms with Gasteiger partial charge in [0.25, 0.3) is 0 Å². The summed E-state index contributed by atoms with van der Waals surface area (Å²) in [5, 5.41) is 8.67. The monoisotopic (exact) mass is 360 g/mol. The van der Waals surface area contributed by atoms with E-state index in [2.05, 4.69) is 6.92 Å². The van der Waals surface area contributed by atoms with Crippen LogP contribution in [0, 0.1) is 0 Å². The van der Waals surface area contributed by atoms with Gasteiger partial charge in [-0.3, -0.25) is 0 Å². The van der Waals surface area contributed by atoms with Crippen LogP contribution in [0.25, 0.3) is 0 Å². The molecule has 1 N–H and O–H groups in total. The fourth-order valence-corrected chi connectivity index (χ4v) is 3.40. The summed E-state index contributed by atoms with van der Waals surface area (Å²) in [7, 11) is -4.23. The number of hydrogen-bond acceptors (Lipinski definition) is 4. The molecule has 22 heavy (non-hydrogen) atoms. The Morgan fingerprint density at radius 3 is 1.82 bits per heavy atom. The molecule has 0 bridgehead atoms. The molecular weight excluding hydrogens is 327 g/mol. The second kappa shape index (κ2) is 16.0. The van der Waals surface area contributed by atoms with E-state index in [1.54, 1.807) is 0 Å². The SMILES string of the molecule is CCCCCCCCCCC(CCC(O)CC)S(=O)(=O)[O-].[K+]. The molecule has 2 unspecified atom stereocenters. The van der Waals surface area contributed by atoms with Crippen molar-refractivity contribution < 1.29 is 69.5 Å². The second-order valence-corrected chi connectivity index (χ2v) is 7.67. The van der Waals surface area contributed by atoms with Crippen LogP contribution < -0.4 is 51.4 Å². The van der Waals surface area contributed by atoms with E-state index in [9.17, 15) is 18.1 Å². The average molecular weight is 361 g/mol. The maximum Gasteiger partial charge on any atom is 1.00 e. The van der Waals surface area contributed by atoms with E-state index >= 15 is 0 Å². The van der Waals surface area contributed by atoms with Gasteiger partial charge in [-0.05, 0) is 25.7 Å². The van der Waals surface area contributed by atoms with Gasteiger partial charge >= 0.3 is 51.4 Å². The van der Waals surface area contributed by atoms with Gasteiger partial charge in [-0.25, -0.2) is 8.42 Å². The summed E-state index contributed by atoms with van der Waals surface area (Å²) in [6, 6.07) is 0. The topological polar surface area (TPSA) is 77.4 Å². The zero-order valence-electron chi connectivity index (χ0n) is 14.7. The first-order valence-electron chi connectivity index (χ1n) is 8.54. The molecular formula is C16H33KO4S. The van der Waals surface area contributed by atoms with Crippen LogP contribution in [0.1, 0.15) is 90.9 Å². The van der Waals surface area contributed by atoms with E-state index in [4.69, 9.17) is 0 Å². The zero-order valence-corrected chi connectivity index (χ0v) is 18.7. The smallest absolute Gasteiger partial charge is 0.748 e. The quantitative estimate of drug-likeness (QED) is 0.285. The van der Waals surface area contributed by atoms with Crippen LogP contribution in [-0.2, 0) is 10.1 Å². The summed E-state index contributed by atoms with van der Waals surface area (Å²) >= 11 is 0. The van der Waals surface area contributed by atoms with Crippen molar-refractivity contribution in [3.05, 3.63) is 0 Å². The molecule has 0 rings (SSSR count). The third-order valence-electron chi connectivity index (χ3n) is 4.08. The third kappa shape index (κ3) is 15.1. The first-order chi connectivity index (χ1) is 9.91. The van der Waals surface area contributed by atoms with Crippen LogP contribution >= 0.6 is 0 Å². The summed E-state index contributed by atoms with van der Waals surface area (Å²) in [6.07, 6.45) is 10.4. The van der Waals surface area contributed by atoms with Crippen LogP contribution in [0.5, 0.6) is 0 Å². The summed E-state index contributed by atoms with van der Waals surface area (Å²) in [5.41, 5.74) is 0. The molecule has 0 aromatic carbocycles. The van der Waals surface area contributed by atoms with Crippen LogP contribution in [0.15, 0.2) is 0 Å². The molecule has 6 heteroatoms. The maximum atomic E-state index is 11.2. The number of unbranched alkanes of at least 4 members (excludes halogenated alkanes) is 7. The Morgan fingerprint density at radius 1 is 0.864 bits per heavy atom. The van der Waals surface area contributed by atoms with Gasteiger partial charge in [-0.2, -0.15) is 0 Å². The van der Waals surface area contributed by atoms with Crippen LogP contribution in [-0.4, -0.2) is 29.4 Å². The van der Waals surface area contributed by atoms with E-state index in [-0.39, 0.29) is 57.8 Å². The molecule has 4 nitrogen and oxygen atoms in total. The molecule has 0 aliphatic carbocycles. The van der Waals surface area contributed by atoms with E-state index < -0.39 is 21.5 Å². The van der Waals surface area contributed by atoms with Crippen molar-refractivity contribution in [1.82, 2.24) is 0 Å². The Labute approximate surface area is 180 Å². The number of aliphatic hydroxyl groups is 1. The van der Waals surface area contributed by atoms with Gasteiger partial charge in [0.05, 0.1) is 16.2 Å². The van der Waals surface area contributed by atoms with Crippen LogP contribution in [0.3, 0.4) is 0 Å². The Bertz CT molecular complexity index is 333. The van der Waals surface area contributed by atoms with Gasteiger partial charge < -0.3 is 9.66 Å². The van der Waals surface area contributed by atoms with E-state index in [0.29, 0.717) is 19.3 Å². The van der Waals surface area contributed by atoms with E-state index in [0.717, 1.165) is 19.3 Å². The number of rotatable bonds is 14. The minimum Gasteiger partial charge on any atom is -0.748 e. The number of aliphatic hydroxyl groups excluding tert-OH is 1. The standard InChI is InChI=1S/C16H34O4S.K/c1-3-5-6-7-8-9-10-11-12-16(21(18,19)20)14-13-15(17)4-2;/h15-17H,3-14H2,1-2H3,(H,18,19,20);/q;+1/p-1. The molecule has 0 aromatic rings. The fourth-order valence-electron chi connectivity index (χ4n) is 2.52. The van der Waals surface area contributed by atoms with Crippen molar-refractivity contribution in [2.24, 2.45) is 0 Å². The maximum absolute atomic E-state index is 11.2. The average Bonchev–Trinajstić information content (AvgIpc) is 2.43. The van der Waals surface area contributed by atoms with Gasteiger partial charge in [-0.1, -0.05) is 65.2 Å². The Kier molecular flexibility index (Phi) is 18.7. The molecule has 0 amide bonds. The molecule has 0 aromatic heterocycles. The van der Waals surface area contributed by atoms with Gasteiger partial charge in [0, 0.05) is 5.25 Å². The van der Waals surface area contributed by atoms with Crippen molar-refractivity contribution in [1.29, 1.82) is 0 Å². The normalized spacial score (nSPS) is 14.4. The molecule has 0 aliphatic heterocycles.